The van der Waals surface area contributed by atoms with Crippen molar-refractivity contribution in [2.24, 2.45) is 0 Å². The Labute approximate surface area is 139 Å². The third-order valence-corrected chi connectivity index (χ3v) is 3.97. The normalized spacial score (nSPS) is 10.7. The monoisotopic (exact) mass is 325 g/mol. The van der Waals surface area contributed by atoms with Gasteiger partial charge in [0.15, 0.2) is 5.76 Å². The van der Waals surface area contributed by atoms with Crippen molar-refractivity contribution in [3.8, 4) is 11.3 Å². The van der Waals surface area contributed by atoms with E-state index in [-0.39, 0.29) is 5.76 Å². The van der Waals surface area contributed by atoms with Crippen molar-refractivity contribution in [2.45, 2.75) is 13.0 Å². The summed E-state index contributed by atoms with van der Waals surface area (Å²) in [6, 6.07) is 17.1. The van der Waals surface area contributed by atoms with Crippen LogP contribution in [0.1, 0.15) is 11.3 Å². The quantitative estimate of drug-likeness (QED) is 0.646. The number of oxazole rings is 1. The maximum atomic E-state index is 12.3. The average Bonchev–Trinajstić information content (AvgIpc) is 2.86. The highest BCUT2D eigenvalue weighted by Crippen LogP contribution is 2.30. The first-order valence-corrected chi connectivity index (χ1v) is 7.70. The zero-order valence-corrected chi connectivity index (χ0v) is 13.3. The van der Waals surface area contributed by atoms with E-state index in [2.05, 4.69) is 6.58 Å². The topological polar surface area (TPSA) is 35.1 Å². The molecule has 0 atom stereocenters. The second-order valence-electron chi connectivity index (χ2n) is 5.19. The van der Waals surface area contributed by atoms with E-state index in [4.69, 9.17) is 16.0 Å². The van der Waals surface area contributed by atoms with Gasteiger partial charge in [-0.1, -0.05) is 60.1 Å². The summed E-state index contributed by atoms with van der Waals surface area (Å²) in [5.74, 6) is 0.122. The van der Waals surface area contributed by atoms with Crippen LogP contribution in [0.5, 0.6) is 0 Å². The Hall–Kier alpha value is -2.52. The van der Waals surface area contributed by atoms with Crippen molar-refractivity contribution >= 4 is 11.6 Å². The molecule has 0 N–H and O–H groups in total. The minimum atomic E-state index is -0.388. The molecule has 3 rings (SSSR count). The van der Waals surface area contributed by atoms with Crippen molar-refractivity contribution in [2.75, 3.05) is 0 Å². The Kier molecular flexibility index (Phi) is 4.49. The van der Waals surface area contributed by atoms with E-state index in [0.717, 1.165) is 16.8 Å². The maximum absolute atomic E-state index is 12.3. The molecule has 0 amide bonds. The summed E-state index contributed by atoms with van der Waals surface area (Å²) in [7, 11) is 0. The fourth-order valence-corrected chi connectivity index (χ4v) is 2.78. The van der Waals surface area contributed by atoms with Gasteiger partial charge in [-0.25, -0.2) is 4.79 Å². The second kappa shape index (κ2) is 6.71. The summed E-state index contributed by atoms with van der Waals surface area (Å²) in [4.78, 5) is 12.3. The Morgan fingerprint density at radius 2 is 1.78 bits per heavy atom. The fraction of sp³-hybridized carbons (Fsp3) is 0.105. The third kappa shape index (κ3) is 3.15. The predicted molar refractivity (Wildman–Crippen MR) is 92.9 cm³/mol. The van der Waals surface area contributed by atoms with Gasteiger partial charge in [-0.2, -0.15) is 0 Å². The largest absolute Gasteiger partial charge is 0.420 e. The lowest BCUT2D eigenvalue weighted by Gasteiger charge is -2.07. The standard InChI is InChI=1S/C19H16ClNO2/c1-2-8-17-18(15-11-6-7-12-16(15)20)23-19(22)21(17)13-14-9-4-3-5-10-14/h2-7,9-12H,1,8,13H2. The first kappa shape index (κ1) is 15.4. The van der Waals surface area contributed by atoms with Gasteiger partial charge in [0.1, 0.15) is 0 Å². The molecule has 0 radical (unpaired) electrons. The first-order valence-electron chi connectivity index (χ1n) is 7.33. The molecule has 0 aliphatic heterocycles. The van der Waals surface area contributed by atoms with Gasteiger partial charge in [-0.3, -0.25) is 4.57 Å². The van der Waals surface area contributed by atoms with Crippen LogP contribution in [0.4, 0.5) is 0 Å². The van der Waals surface area contributed by atoms with Crippen LogP contribution in [-0.2, 0) is 13.0 Å². The summed E-state index contributed by atoms with van der Waals surface area (Å²) < 4.78 is 7.15. The molecule has 0 saturated carbocycles. The Balaban J connectivity index is 2.12. The third-order valence-electron chi connectivity index (χ3n) is 3.64. The van der Waals surface area contributed by atoms with Gasteiger partial charge in [0.05, 0.1) is 17.3 Å². The number of nitrogens with zero attached hydrogens (tertiary/aromatic N) is 1. The molecule has 2 aromatic carbocycles. The minimum Gasteiger partial charge on any atom is -0.407 e. The molecule has 4 heteroatoms. The number of allylic oxidation sites excluding steroid dienone is 1. The van der Waals surface area contributed by atoms with Gasteiger partial charge in [0.25, 0.3) is 0 Å². The van der Waals surface area contributed by atoms with E-state index >= 15 is 0 Å². The minimum absolute atomic E-state index is 0.388. The number of hydrogen-bond acceptors (Lipinski definition) is 2. The first-order chi connectivity index (χ1) is 11.2. The van der Waals surface area contributed by atoms with Crippen LogP contribution in [0.15, 0.2) is 76.5 Å². The van der Waals surface area contributed by atoms with Gasteiger partial charge in [-0.15, -0.1) is 6.58 Å². The van der Waals surface area contributed by atoms with Gasteiger partial charge in [0.2, 0.25) is 0 Å². The van der Waals surface area contributed by atoms with E-state index in [1.54, 1.807) is 16.7 Å². The fourth-order valence-electron chi connectivity index (χ4n) is 2.56. The average molecular weight is 326 g/mol. The zero-order chi connectivity index (χ0) is 16.2. The summed E-state index contributed by atoms with van der Waals surface area (Å²) in [6.07, 6.45) is 2.28. The van der Waals surface area contributed by atoms with Crippen molar-refractivity contribution in [1.82, 2.24) is 4.57 Å². The van der Waals surface area contributed by atoms with Crippen molar-refractivity contribution in [1.29, 1.82) is 0 Å². The predicted octanol–water partition coefficient (Wildman–Crippen LogP) is 4.54. The van der Waals surface area contributed by atoms with Crippen LogP contribution in [0, 0.1) is 0 Å². The lowest BCUT2D eigenvalue weighted by Crippen LogP contribution is -2.17. The van der Waals surface area contributed by atoms with Crippen LogP contribution in [0.2, 0.25) is 5.02 Å². The molecule has 0 aliphatic carbocycles. The van der Waals surface area contributed by atoms with E-state index in [1.165, 1.54) is 0 Å². The highest BCUT2D eigenvalue weighted by Gasteiger charge is 2.19. The van der Waals surface area contributed by atoms with Gasteiger partial charge in [0, 0.05) is 12.0 Å². The number of rotatable bonds is 5. The molecule has 0 spiro atoms. The molecule has 0 bridgehead atoms. The smallest absolute Gasteiger partial charge is 0.407 e. The molecule has 1 heterocycles. The van der Waals surface area contributed by atoms with E-state index in [0.29, 0.717) is 23.7 Å². The summed E-state index contributed by atoms with van der Waals surface area (Å²) in [6.45, 7) is 4.24. The number of hydrogen-bond donors (Lipinski definition) is 0. The number of aromatic nitrogens is 1. The number of halogens is 1. The SMILES string of the molecule is C=CCc1c(-c2ccccc2Cl)oc(=O)n1Cc1ccccc1. The lowest BCUT2D eigenvalue weighted by molar-refractivity contribution is 0.496. The zero-order valence-electron chi connectivity index (χ0n) is 12.5. The van der Waals surface area contributed by atoms with Gasteiger partial charge < -0.3 is 4.42 Å². The van der Waals surface area contributed by atoms with Crippen molar-refractivity contribution in [3.63, 3.8) is 0 Å². The molecule has 0 fully saturated rings. The molecule has 1 aromatic heterocycles. The Morgan fingerprint density at radius 3 is 2.48 bits per heavy atom. The summed E-state index contributed by atoms with van der Waals surface area (Å²) >= 11 is 6.26. The molecule has 116 valence electrons. The highest BCUT2D eigenvalue weighted by atomic mass is 35.5. The molecule has 3 aromatic rings. The van der Waals surface area contributed by atoms with Crippen LogP contribution in [0.25, 0.3) is 11.3 Å². The highest BCUT2D eigenvalue weighted by molar-refractivity contribution is 6.33. The molecule has 0 unspecified atom stereocenters. The number of benzene rings is 2. The summed E-state index contributed by atoms with van der Waals surface area (Å²) in [5.41, 5.74) is 2.53. The van der Waals surface area contributed by atoms with Crippen molar-refractivity contribution in [3.05, 3.63) is 94.1 Å². The van der Waals surface area contributed by atoms with Gasteiger partial charge in [-0.05, 0) is 17.7 Å². The molecule has 23 heavy (non-hydrogen) atoms. The lowest BCUT2D eigenvalue weighted by atomic mass is 10.1. The van der Waals surface area contributed by atoms with Crippen LogP contribution in [0.3, 0.4) is 0 Å². The second-order valence-corrected chi connectivity index (χ2v) is 5.60. The molecule has 0 saturated heterocycles. The van der Waals surface area contributed by atoms with Gasteiger partial charge >= 0.3 is 5.76 Å². The molecule has 0 aliphatic rings. The van der Waals surface area contributed by atoms with E-state index < -0.39 is 0 Å². The molecular weight excluding hydrogens is 310 g/mol. The van der Waals surface area contributed by atoms with Crippen molar-refractivity contribution < 1.29 is 4.42 Å². The maximum Gasteiger partial charge on any atom is 0.420 e. The van der Waals surface area contributed by atoms with E-state index in [1.807, 2.05) is 48.5 Å². The summed E-state index contributed by atoms with van der Waals surface area (Å²) in [5, 5.41) is 0.554. The Morgan fingerprint density at radius 1 is 1.09 bits per heavy atom. The van der Waals surface area contributed by atoms with Crippen LogP contribution < -0.4 is 5.76 Å². The van der Waals surface area contributed by atoms with Crippen LogP contribution >= 0.6 is 11.6 Å². The van der Waals surface area contributed by atoms with E-state index in [9.17, 15) is 4.79 Å². The Bertz CT molecular complexity index is 878. The molecule has 3 nitrogen and oxygen atoms in total. The van der Waals surface area contributed by atoms with Crippen LogP contribution in [-0.4, -0.2) is 4.57 Å². The molecular formula is C19H16ClNO2.